The molecular weight excluding hydrogens is 318 g/mol. The summed E-state index contributed by atoms with van der Waals surface area (Å²) < 4.78 is 5.31. The van der Waals surface area contributed by atoms with E-state index in [9.17, 15) is 9.59 Å². The van der Waals surface area contributed by atoms with Gasteiger partial charge in [0, 0.05) is 38.0 Å². The molecule has 0 radical (unpaired) electrons. The Bertz CT molecular complexity index is 764. The van der Waals surface area contributed by atoms with Crippen LogP contribution in [0.2, 0.25) is 0 Å². The minimum atomic E-state index is -0.434. The first-order valence-electron chi connectivity index (χ1n) is 8.17. The minimum absolute atomic E-state index is 0.0358. The van der Waals surface area contributed by atoms with Gasteiger partial charge in [0.15, 0.2) is 0 Å². The fourth-order valence-electron chi connectivity index (χ4n) is 3.27. The van der Waals surface area contributed by atoms with Crippen molar-refractivity contribution < 1.29 is 14.3 Å². The lowest BCUT2D eigenvalue weighted by Crippen LogP contribution is -2.34. The van der Waals surface area contributed by atoms with Crippen molar-refractivity contribution in [3.05, 3.63) is 59.9 Å². The molecule has 1 aromatic heterocycles. The molecule has 0 saturated carbocycles. The lowest BCUT2D eigenvalue weighted by atomic mass is 9.94. The number of hydrogen-bond acceptors (Lipinski definition) is 4. The molecule has 130 valence electrons. The molecule has 1 N–H and O–H groups in total. The highest BCUT2D eigenvalue weighted by Crippen LogP contribution is 2.36. The predicted octanol–water partition coefficient (Wildman–Crippen LogP) is 1.93. The quantitative estimate of drug-likeness (QED) is 0.903. The molecular formula is C19H21N3O3. The molecule has 6 heteroatoms. The van der Waals surface area contributed by atoms with E-state index in [2.05, 4.69) is 10.3 Å². The summed E-state index contributed by atoms with van der Waals surface area (Å²) in [6, 6.07) is 11.0. The molecule has 1 saturated heterocycles. The highest BCUT2D eigenvalue weighted by molar-refractivity contribution is 5.90. The molecule has 0 spiro atoms. The summed E-state index contributed by atoms with van der Waals surface area (Å²) in [4.78, 5) is 30.6. The van der Waals surface area contributed by atoms with Gasteiger partial charge in [0.2, 0.25) is 11.8 Å². The Morgan fingerprint density at radius 1 is 1.32 bits per heavy atom. The van der Waals surface area contributed by atoms with Crippen LogP contribution in [0.1, 0.15) is 23.6 Å². The average molecular weight is 339 g/mol. The van der Waals surface area contributed by atoms with Crippen molar-refractivity contribution >= 4 is 11.8 Å². The summed E-state index contributed by atoms with van der Waals surface area (Å²) in [7, 11) is 3.33. The molecule has 3 rings (SSSR count). The number of nitrogens with one attached hydrogen (secondary N) is 1. The number of para-hydroxylation sites is 1. The summed E-state index contributed by atoms with van der Waals surface area (Å²) in [5, 5.41) is 2.94. The number of nitrogens with zero attached hydrogens (tertiary/aromatic N) is 2. The van der Waals surface area contributed by atoms with E-state index in [0.29, 0.717) is 6.54 Å². The normalized spacial score (nSPS) is 19.8. The molecule has 6 nitrogen and oxygen atoms in total. The number of carbonyl (C=O) groups is 2. The SMILES string of the molecule is COc1ccccc1CNC(=O)[C@H]1CC(=O)N(C)[C@H]1c1cccnc1. The van der Waals surface area contributed by atoms with Crippen molar-refractivity contribution in [1.82, 2.24) is 15.2 Å². The van der Waals surface area contributed by atoms with Gasteiger partial charge in [-0.1, -0.05) is 24.3 Å². The van der Waals surface area contributed by atoms with Gasteiger partial charge in [-0.2, -0.15) is 0 Å². The van der Waals surface area contributed by atoms with Crippen LogP contribution in [0.5, 0.6) is 5.75 Å². The number of rotatable bonds is 5. The molecule has 1 aromatic carbocycles. The maximum atomic E-state index is 12.7. The molecule has 2 aromatic rings. The second-order valence-electron chi connectivity index (χ2n) is 6.08. The average Bonchev–Trinajstić information content (AvgIpc) is 2.95. The molecule has 25 heavy (non-hydrogen) atoms. The van der Waals surface area contributed by atoms with Crippen molar-refractivity contribution in [1.29, 1.82) is 0 Å². The van der Waals surface area contributed by atoms with Crippen molar-refractivity contribution in [2.45, 2.75) is 19.0 Å². The molecule has 0 bridgehead atoms. The molecule has 1 aliphatic rings. The molecule has 0 aliphatic carbocycles. The number of ether oxygens (including phenoxy) is 1. The van der Waals surface area contributed by atoms with Gasteiger partial charge in [0.25, 0.3) is 0 Å². The Labute approximate surface area is 146 Å². The maximum absolute atomic E-state index is 12.7. The first kappa shape index (κ1) is 17.0. The summed E-state index contributed by atoms with van der Waals surface area (Å²) >= 11 is 0. The molecule has 2 heterocycles. The van der Waals surface area contributed by atoms with Gasteiger partial charge >= 0.3 is 0 Å². The Hall–Kier alpha value is -2.89. The third kappa shape index (κ3) is 3.47. The van der Waals surface area contributed by atoms with Gasteiger partial charge in [0.1, 0.15) is 5.75 Å². The van der Waals surface area contributed by atoms with Gasteiger partial charge in [-0.25, -0.2) is 0 Å². The van der Waals surface area contributed by atoms with Crippen LogP contribution in [0, 0.1) is 5.92 Å². The van der Waals surface area contributed by atoms with E-state index < -0.39 is 5.92 Å². The summed E-state index contributed by atoms with van der Waals surface area (Å²) in [6.07, 6.45) is 3.59. The zero-order chi connectivity index (χ0) is 17.8. The number of pyridine rings is 1. The van der Waals surface area contributed by atoms with E-state index in [4.69, 9.17) is 4.74 Å². The molecule has 1 aliphatic heterocycles. The Balaban J connectivity index is 1.75. The van der Waals surface area contributed by atoms with E-state index in [1.54, 1.807) is 31.5 Å². The van der Waals surface area contributed by atoms with Gasteiger partial charge in [-0.15, -0.1) is 0 Å². The second kappa shape index (κ2) is 7.34. The number of likely N-dealkylation sites (tertiary alicyclic amines) is 1. The van der Waals surface area contributed by atoms with Crippen molar-refractivity contribution in [3.63, 3.8) is 0 Å². The van der Waals surface area contributed by atoms with Gasteiger partial charge in [-0.3, -0.25) is 14.6 Å². The second-order valence-corrected chi connectivity index (χ2v) is 6.08. The summed E-state index contributed by atoms with van der Waals surface area (Å²) in [6.45, 7) is 0.358. The zero-order valence-electron chi connectivity index (χ0n) is 14.3. The fraction of sp³-hybridized carbons (Fsp3) is 0.316. The lowest BCUT2D eigenvalue weighted by molar-refractivity contribution is -0.128. The number of aromatic nitrogens is 1. The zero-order valence-corrected chi connectivity index (χ0v) is 14.3. The topological polar surface area (TPSA) is 71.5 Å². The smallest absolute Gasteiger partial charge is 0.226 e. The van der Waals surface area contributed by atoms with Crippen LogP contribution < -0.4 is 10.1 Å². The van der Waals surface area contributed by atoms with Crippen LogP contribution in [-0.4, -0.2) is 35.9 Å². The standard InChI is InChI=1S/C19H21N3O3/c1-22-17(23)10-15(18(22)14-7-5-9-20-11-14)19(24)21-12-13-6-3-4-8-16(13)25-2/h3-9,11,15,18H,10,12H2,1-2H3,(H,21,24)/t15-,18-/m0/s1. The Morgan fingerprint density at radius 2 is 2.12 bits per heavy atom. The minimum Gasteiger partial charge on any atom is -0.496 e. The Kier molecular flexibility index (Phi) is 4.97. The monoisotopic (exact) mass is 339 g/mol. The van der Waals surface area contributed by atoms with Crippen molar-refractivity contribution in [2.24, 2.45) is 5.92 Å². The lowest BCUT2D eigenvalue weighted by Gasteiger charge is -2.24. The predicted molar refractivity (Wildman–Crippen MR) is 92.7 cm³/mol. The number of hydrogen-bond donors (Lipinski definition) is 1. The van der Waals surface area contributed by atoms with Crippen LogP contribution in [0.4, 0.5) is 0 Å². The fourth-order valence-corrected chi connectivity index (χ4v) is 3.27. The number of benzene rings is 1. The third-order valence-electron chi connectivity index (χ3n) is 4.59. The number of methoxy groups -OCH3 is 1. The molecule has 2 amide bonds. The van der Waals surface area contributed by atoms with Crippen LogP contribution in [-0.2, 0) is 16.1 Å². The van der Waals surface area contributed by atoms with Gasteiger partial charge < -0.3 is 15.0 Å². The summed E-state index contributed by atoms with van der Waals surface area (Å²) in [5.74, 6) is 0.117. The highest BCUT2D eigenvalue weighted by atomic mass is 16.5. The van der Waals surface area contributed by atoms with Gasteiger partial charge in [-0.05, 0) is 17.7 Å². The van der Waals surface area contributed by atoms with Crippen LogP contribution >= 0.6 is 0 Å². The first-order chi connectivity index (χ1) is 12.1. The van der Waals surface area contributed by atoms with E-state index in [1.807, 2.05) is 36.4 Å². The molecule has 1 fully saturated rings. The van der Waals surface area contributed by atoms with Crippen LogP contribution in [0.3, 0.4) is 0 Å². The highest BCUT2D eigenvalue weighted by Gasteiger charge is 2.42. The van der Waals surface area contributed by atoms with E-state index in [-0.39, 0.29) is 24.3 Å². The van der Waals surface area contributed by atoms with E-state index >= 15 is 0 Å². The van der Waals surface area contributed by atoms with E-state index in [0.717, 1.165) is 16.9 Å². The van der Waals surface area contributed by atoms with Crippen LogP contribution in [0.15, 0.2) is 48.8 Å². The van der Waals surface area contributed by atoms with Crippen molar-refractivity contribution in [3.8, 4) is 5.75 Å². The molecule has 2 atom stereocenters. The number of carbonyl (C=O) groups excluding carboxylic acids is 2. The Morgan fingerprint density at radius 3 is 2.84 bits per heavy atom. The first-order valence-corrected chi connectivity index (χ1v) is 8.17. The van der Waals surface area contributed by atoms with Gasteiger partial charge in [0.05, 0.1) is 19.1 Å². The van der Waals surface area contributed by atoms with Crippen LogP contribution in [0.25, 0.3) is 0 Å². The molecule has 0 unspecified atom stereocenters. The largest absolute Gasteiger partial charge is 0.496 e. The maximum Gasteiger partial charge on any atom is 0.226 e. The van der Waals surface area contributed by atoms with E-state index in [1.165, 1.54) is 0 Å². The number of amides is 2. The summed E-state index contributed by atoms with van der Waals surface area (Å²) in [5.41, 5.74) is 1.77. The third-order valence-corrected chi connectivity index (χ3v) is 4.59. The van der Waals surface area contributed by atoms with Crippen molar-refractivity contribution in [2.75, 3.05) is 14.2 Å².